The number of nitrogens with one attached hydrogen (secondary N) is 1. The third-order valence-electron chi connectivity index (χ3n) is 4.26. The Morgan fingerprint density at radius 1 is 1.41 bits per heavy atom. The zero-order chi connectivity index (χ0) is 15.8. The molecule has 0 unspecified atom stereocenters. The molecule has 1 saturated heterocycles. The summed E-state index contributed by atoms with van der Waals surface area (Å²) in [6.45, 7) is 5.96. The number of anilines is 1. The van der Waals surface area contributed by atoms with Crippen LogP contribution in [0.5, 0.6) is 0 Å². The number of hydrogen-bond donors (Lipinski definition) is 1. The lowest BCUT2D eigenvalue weighted by Gasteiger charge is -2.32. The molecule has 22 heavy (non-hydrogen) atoms. The first-order chi connectivity index (χ1) is 10.7. The van der Waals surface area contributed by atoms with Crippen LogP contribution < -0.4 is 10.2 Å². The van der Waals surface area contributed by atoms with Crippen LogP contribution in [0.4, 0.5) is 5.95 Å². The van der Waals surface area contributed by atoms with Crippen LogP contribution in [0, 0.1) is 5.92 Å². The summed E-state index contributed by atoms with van der Waals surface area (Å²) in [4.78, 5) is 23.1. The molecule has 0 aromatic carbocycles. The van der Waals surface area contributed by atoms with Gasteiger partial charge in [-0.2, -0.15) is 0 Å². The number of piperidine rings is 1. The van der Waals surface area contributed by atoms with Crippen LogP contribution in [-0.4, -0.2) is 35.0 Å². The maximum Gasteiger partial charge on any atom is 0.225 e. The van der Waals surface area contributed by atoms with Crippen LogP contribution in [-0.2, 0) is 4.79 Å². The van der Waals surface area contributed by atoms with Crippen molar-refractivity contribution < 1.29 is 4.79 Å². The molecule has 2 rings (SSSR count). The van der Waals surface area contributed by atoms with Crippen LogP contribution in [0.3, 0.4) is 0 Å². The van der Waals surface area contributed by atoms with Crippen molar-refractivity contribution in [3.05, 3.63) is 18.5 Å². The number of unbranched alkanes of at least 4 members (excludes halogenated alkanes) is 2. The van der Waals surface area contributed by atoms with Gasteiger partial charge in [-0.15, -0.1) is 0 Å². The Balaban J connectivity index is 1.82. The van der Waals surface area contributed by atoms with E-state index >= 15 is 0 Å². The number of carbonyl (C=O) groups is 1. The van der Waals surface area contributed by atoms with E-state index in [-0.39, 0.29) is 17.9 Å². The van der Waals surface area contributed by atoms with Crippen LogP contribution in [0.2, 0.25) is 0 Å². The van der Waals surface area contributed by atoms with E-state index in [0.717, 1.165) is 38.3 Å². The molecule has 2 heterocycles. The van der Waals surface area contributed by atoms with E-state index in [4.69, 9.17) is 0 Å². The largest absolute Gasteiger partial charge is 0.353 e. The molecule has 0 saturated carbocycles. The minimum atomic E-state index is 0.0474. The summed E-state index contributed by atoms with van der Waals surface area (Å²) in [5.74, 6) is 0.965. The van der Waals surface area contributed by atoms with Gasteiger partial charge in [-0.05, 0) is 32.3 Å². The Kier molecular flexibility index (Phi) is 6.62. The lowest BCUT2D eigenvalue weighted by molar-refractivity contribution is -0.125. The van der Waals surface area contributed by atoms with Gasteiger partial charge in [0.1, 0.15) is 0 Å². The molecule has 0 aliphatic carbocycles. The average Bonchev–Trinajstić information content (AvgIpc) is 2.56. The van der Waals surface area contributed by atoms with Crippen molar-refractivity contribution >= 4 is 11.9 Å². The monoisotopic (exact) mass is 304 g/mol. The minimum Gasteiger partial charge on any atom is -0.353 e. The van der Waals surface area contributed by atoms with E-state index in [9.17, 15) is 4.79 Å². The predicted molar refractivity (Wildman–Crippen MR) is 88.7 cm³/mol. The zero-order valence-electron chi connectivity index (χ0n) is 13.8. The van der Waals surface area contributed by atoms with Crippen LogP contribution in [0.1, 0.15) is 52.4 Å². The van der Waals surface area contributed by atoms with E-state index in [0.29, 0.717) is 0 Å². The van der Waals surface area contributed by atoms with Gasteiger partial charge in [0.2, 0.25) is 11.9 Å². The normalized spacial score (nSPS) is 19.7. The fraction of sp³-hybridized carbons (Fsp3) is 0.706. The average molecular weight is 304 g/mol. The van der Waals surface area contributed by atoms with Gasteiger partial charge in [0.15, 0.2) is 0 Å². The van der Waals surface area contributed by atoms with E-state index in [1.54, 1.807) is 12.4 Å². The van der Waals surface area contributed by atoms with E-state index in [1.807, 2.05) is 6.07 Å². The molecule has 1 fully saturated rings. The summed E-state index contributed by atoms with van der Waals surface area (Å²) >= 11 is 0. The predicted octanol–water partition coefficient (Wildman–Crippen LogP) is 2.78. The number of amides is 1. The van der Waals surface area contributed by atoms with Crippen molar-refractivity contribution in [2.45, 2.75) is 58.4 Å². The molecular formula is C17H28N4O. The van der Waals surface area contributed by atoms with Crippen molar-refractivity contribution in [2.24, 2.45) is 5.92 Å². The molecule has 1 aromatic heterocycles. The molecule has 1 N–H and O–H groups in total. The number of aromatic nitrogens is 2. The smallest absolute Gasteiger partial charge is 0.225 e. The van der Waals surface area contributed by atoms with Gasteiger partial charge in [0.25, 0.3) is 0 Å². The molecule has 1 amide bonds. The summed E-state index contributed by atoms with van der Waals surface area (Å²) in [7, 11) is 0. The molecule has 5 nitrogen and oxygen atoms in total. The van der Waals surface area contributed by atoms with Crippen LogP contribution >= 0.6 is 0 Å². The molecule has 5 heteroatoms. The number of carbonyl (C=O) groups excluding carboxylic acids is 1. The first-order valence-electron chi connectivity index (χ1n) is 8.53. The SMILES string of the molecule is CCCCC[C@H](C)NC(=O)[C@@H]1CCCN(c2ncccn2)C1. The number of hydrogen-bond acceptors (Lipinski definition) is 4. The van der Waals surface area contributed by atoms with Crippen molar-refractivity contribution in [2.75, 3.05) is 18.0 Å². The Hall–Kier alpha value is -1.65. The first-order valence-corrected chi connectivity index (χ1v) is 8.53. The van der Waals surface area contributed by atoms with Crippen molar-refractivity contribution in [3.63, 3.8) is 0 Å². The third-order valence-corrected chi connectivity index (χ3v) is 4.26. The second-order valence-corrected chi connectivity index (χ2v) is 6.24. The lowest BCUT2D eigenvalue weighted by atomic mass is 9.96. The Labute approximate surface area is 133 Å². The molecule has 2 atom stereocenters. The Bertz CT molecular complexity index is 451. The minimum absolute atomic E-state index is 0.0474. The summed E-state index contributed by atoms with van der Waals surface area (Å²) < 4.78 is 0. The van der Waals surface area contributed by atoms with Gasteiger partial charge in [-0.3, -0.25) is 4.79 Å². The van der Waals surface area contributed by atoms with Gasteiger partial charge in [-0.25, -0.2) is 9.97 Å². The molecule has 1 aromatic rings. The molecule has 0 bridgehead atoms. The van der Waals surface area contributed by atoms with Crippen molar-refractivity contribution in [1.82, 2.24) is 15.3 Å². The maximum absolute atomic E-state index is 12.4. The summed E-state index contributed by atoms with van der Waals surface area (Å²) in [5, 5.41) is 3.17. The molecule has 1 aliphatic heterocycles. The summed E-state index contributed by atoms with van der Waals surface area (Å²) in [6.07, 6.45) is 10.2. The van der Waals surface area contributed by atoms with Gasteiger partial charge in [0.05, 0.1) is 5.92 Å². The van der Waals surface area contributed by atoms with E-state index in [1.165, 1.54) is 19.3 Å². The highest BCUT2D eigenvalue weighted by atomic mass is 16.2. The summed E-state index contributed by atoms with van der Waals surface area (Å²) in [6, 6.07) is 2.08. The van der Waals surface area contributed by atoms with Crippen LogP contribution in [0.15, 0.2) is 18.5 Å². The van der Waals surface area contributed by atoms with Crippen molar-refractivity contribution in [3.8, 4) is 0 Å². The number of rotatable bonds is 7. The second-order valence-electron chi connectivity index (χ2n) is 6.24. The first kappa shape index (κ1) is 16.7. The highest BCUT2D eigenvalue weighted by Crippen LogP contribution is 2.20. The van der Waals surface area contributed by atoms with E-state index < -0.39 is 0 Å². The van der Waals surface area contributed by atoms with Gasteiger partial charge in [0, 0.05) is 31.5 Å². The fourth-order valence-corrected chi connectivity index (χ4v) is 2.96. The van der Waals surface area contributed by atoms with Crippen molar-refractivity contribution in [1.29, 1.82) is 0 Å². The summed E-state index contributed by atoms with van der Waals surface area (Å²) in [5.41, 5.74) is 0. The maximum atomic E-state index is 12.4. The standard InChI is InChI=1S/C17H28N4O/c1-3-4-5-8-14(2)20-16(22)15-9-6-12-21(13-15)17-18-10-7-11-19-17/h7,10-11,14-15H,3-6,8-9,12-13H2,1-2H3,(H,20,22)/t14-,15+/m0/s1. The molecule has 0 spiro atoms. The highest BCUT2D eigenvalue weighted by molar-refractivity contribution is 5.79. The van der Waals surface area contributed by atoms with E-state index in [2.05, 4.69) is 34.0 Å². The number of nitrogens with zero attached hydrogens (tertiary/aromatic N) is 3. The molecule has 122 valence electrons. The van der Waals surface area contributed by atoms with Crippen LogP contribution in [0.25, 0.3) is 0 Å². The highest BCUT2D eigenvalue weighted by Gasteiger charge is 2.27. The zero-order valence-corrected chi connectivity index (χ0v) is 13.8. The third kappa shape index (κ3) is 4.97. The van der Waals surface area contributed by atoms with Gasteiger partial charge >= 0.3 is 0 Å². The Morgan fingerprint density at radius 2 is 2.18 bits per heavy atom. The Morgan fingerprint density at radius 3 is 2.91 bits per heavy atom. The lowest BCUT2D eigenvalue weighted by Crippen LogP contribution is -2.45. The van der Waals surface area contributed by atoms with Gasteiger partial charge in [-0.1, -0.05) is 26.2 Å². The molecule has 0 radical (unpaired) electrons. The fourth-order valence-electron chi connectivity index (χ4n) is 2.96. The quantitative estimate of drug-likeness (QED) is 0.787. The van der Waals surface area contributed by atoms with Gasteiger partial charge < -0.3 is 10.2 Å². The topological polar surface area (TPSA) is 58.1 Å². The molecule has 1 aliphatic rings. The molecular weight excluding hydrogens is 276 g/mol. The second kappa shape index (κ2) is 8.71.